The average Bonchev–Trinajstić information content (AvgIpc) is 2.74. The van der Waals surface area contributed by atoms with Gasteiger partial charge in [0.15, 0.2) is 0 Å². The molecule has 0 amide bonds. The molecular formula is C11H9ClFNS. The standard InChI is InChI=1S/C11H9ClFNS/c12-9-3-1-2-8(10(9)13)11(14)7-4-5-15-6-7/h1-6,11H,14H2/t11-/m0/s1. The third-order valence-electron chi connectivity index (χ3n) is 2.22. The number of rotatable bonds is 2. The van der Waals surface area contributed by atoms with Crippen LogP contribution in [0.4, 0.5) is 4.39 Å². The van der Waals surface area contributed by atoms with Gasteiger partial charge in [-0.25, -0.2) is 4.39 Å². The van der Waals surface area contributed by atoms with E-state index in [0.29, 0.717) is 5.56 Å². The van der Waals surface area contributed by atoms with Gasteiger partial charge in [0.2, 0.25) is 0 Å². The normalized spacial score (nSPS) is 12.7. The van der Waals surface area contributed by atoms with Crippen molar-refractivity contribution in [2.24, 2.45) is 5.73 Å². The molecular weight excluding hydrogens is 233 g/mol. The number of hydrogen-bond donors (Lipinski definition) is 1. The van der Waals surface area contributed by atoms with Gasteiger partial charge >= 0.3 is 0 Å². The maximum absolute atomic E-state index is 13.6. The van der Waals surface area contributed by atoms with Crippen molar-refractivity contribution in [2.75, 3.05) is 0 Å². The van der Waals surface area contributed by atoms with Gasteiger partial charge in [0.1, 0.15) is 5.82 Å². The topological polar surface area (TPSA) is 26.0 Å². The Morgan fingerprint density at radius 3 is 2.80 bits per heavy atom. The van der Waals surface area contributed by atoms with Gasteiger partial charge in [-0.2, -0.15) is 11.3 Å². The maximum atomic E-state index is 13.6. The summed E-state index contributed by atoms with van der Waals surface area (Å²) in [5.41, 5.74) is 7.27. The number of thiophene rings is 1. The molecule has 4 heteroatoms. The van der Waals surface area contributed by atoms with Gasteiger partial charge in [0.25, 0.3) is 0 Å². The van der Waals surface area contributed by atoms with E-state index in [1.807, 2.05) is 16.8 Å². The number of hydrogen-bond acceptors (Lipinski definition) is 2. The third-order valence-corrected chi connectivity index (χ3v) is 3.21. The van der Waals surface area contributed by atoms with Crippen molar-refractivity contribution >= 4 is 22.9 Å². The summed E-state index contributed by atoms with van der Waals surface area (Å²) in [5, 5.41) is 3.93. The zero-order valence-electron chi connectivity index (χ0n) is 7.78. The summed E-state index contributed by atoms with van der Waals surface area (Å²) in [5.74, 6) is -0.433. The van der Waals surface area contributed by atoms with Crippen LogP contribution >= 0.6 is 22.9 Å². The predicted molar refractivity (Wildman–Crippen MR) is 61.8 cm³/mol. The fraction of sp³-hybridized carbons (Fsp3) is 0.0909. The van der Waals surface area contributed by atoms with E-state index in [-0.39, 0.29) is 5.02 Å². The first-order chi connectivity index (χ1) is 7.20. The third kappa shape index (κ3) is 2.04. The van der Waals surface area contributed by atoms with Crippen molar-refractivity contribution in [3.63, 3.8) is 0 Å². The lowest BCUT2D eigenvalue weighted by molar-refractivity contribution is 0.600. The van der Waals surface area contributed by atoms with Crippen LogP contribution in [-0.4, -0.2) is 0 Å². The van der Waals surface area contributed by atoms with Crippen LogP contribution in [0, 0.1) is 5.82 Å². The molecule has 1 aromatic carbocycles. The molecule has 1 nitrogen and oxygen atoms in total. The first-order valence-electron chi connectivity index (χ1n) is 4.41. The second-order valence-electron chi connectivity index (χ2n) is 3.18. The van der Waals surface area contributed by atoms with Gasteiger partial charge in [0.05, 0.1) is 11.1 Å². The van der Waals surface area contributed by atoms with E-state index in [4.69, 9.17) is 17.3 Å². The summed E-state index contributed by atoms with van der Waals surface area (Å²) in [4.78, 5) is 0. The van der Waals surface area contributed by atoms with E-state index < -0.39 is 11.9 Å². The lowest BCUT2D eigenvalue weighted by atomic mass is 10.0. The van der Waals surface area contributed by atoms with Gasteiger partial charge in [-0.3, -0.25) is 0 Å². The highest BCUT2D eigenvalue weighted by atomic mass is 35.5. The lowest BCUT2D eigenvalue weighted by Crippen LogP contribution is -2.12. The van der Waals surface area contributed by atoms with Crippen molar-refractivity contribution in [2.45, 2.75) is 6.04 Å². The van der Waals surface area contributed by atoms with Gasteiger partial charge in [-0.15, -0.1) is 0 Å². The molecule has 1 heterocycles. The molecule has 0 aliphatic rings. The van der Waals surface area contributed by atoms with Crippen molar-refractivity contribution in [1.29, 1.82) is 0 Å². The SMILES string of the molecule is N[C@@H](c1ccsc1)c1cccc(Cl)c1F. The monoisotopic (exact) mass is 241 g/mol. The van der Waals surface area contributed by atoms with Crippen LogP contribution in [0.15, 0.2) is 35.0 Å². The summed E-state index contributed by atoms with van der Waals surface area (Å²) in [6, 6.07) is 6.31. The number of benzene rings is 1. The van der Waals surface area contributed by atoms with E-state index in [2.05, 4.69) is 0 Å². The molecule has 2 rings (SSSR count). The van der Waals surface area contributed by atoms with Crippen molar-refractivity contribution in [3.05, 3.63) is 57.0 Å². The first kappa shape index (κ1) is 10.6. The molecule has 0 saturated carbocycles. The summed E-state index contributed by atoms with van der Waals surface area (Å²) >= 11 is 7.23. The molecule has 0 fully saturated rings. The van der Waals surface area contributed by atoms with E-state index >= 15 is 0 Å². The van der Waals surface area contributed by atoms with Crippen LogP contribution in [0.5, 0.6) is 0 Å². The second kappa shape index (κ2) is 4.31. The first-order valence-corrected chi connectivity index (χ1v) is 5.74. The largest absolute Gasteiger partial charge is 0.320 e. The minimum atomic E-state index is -0.449. The molecule has 1 aromatic heterocycles. The molecule has 0 saturated heterocycles. The van der Waals surface area contributed by atoms with Gasteiger partial charge in [-0.1, -0.05) is 23.7 Å². The molecule has 0 aliphatic heterocycles. The molecule has 0 bridgehead atoms. The molecule has 15 heavy (non-hydrogen) atoms. The minimum Gasteiger partial charge on any atom is -0.320 e. The predicted octanol–water partition coefficient (Wildman–Crippen LogP) is 3.59. The smallest absolute Gasteiger partial charge is 0.146 e. The quantitative estimate of drug-likeness (QED) is 0.855. The fourth-order valence-corrected chi connectivity index (χ4v) is 2.27. The molecule has 1 atom stereocenters. The molecule has 0 spiro atoms. The zero-order chi connectivity index (χ0) is 10.8. The summed E-state index contributed by atoms with van der Waals surface area (Å²) in [6.07, 6.45) is 0. The Morgan fingerprint density at radius 2 is 2.13 bits per heavy atom. The Bertz CT molecular complexity index is 456. The maximum Gasteiger partial charge on any atom is 0.146 e. The Labute approximate surface area is 96.3 Å². The van der Waals surface area contributed by atoms with Crippen LogP contribution < -0.4 is 5.73 Å². The minimum absolute atomic E-state index is 0.109. The molecule has 78 valence electrons. The van der Waals surface area contributed by atoms with Crippen LogP contribution in [0.2, 0.25) is 5.02 Å². The van der Waals surface area contributed by atoms with Crippen molar-refractivity contribution < 1.29 is 4.39 Å². The average molecular weight is 242 g/mol. The lowest BCUT2D eigenvalue weighted by Gasteiger charge is -2.11. The second-order valence-corrected chi connectivity index (χ2v) is 4.36. The molecule has 0 radical (unpaired) electrons. The molecule has 0 unspecified atom stereocenters. The highest BCUT2D eigenvalue weighted by Gasteiger charge is 2.15. The fourth-order valence-electron chi connectivity index (χ4n) is 1.39. The highest BCUT2D eigenvalue weighted by Crippen LogP contribution is 2.27. The summed E-state index contributed by atoms with van der Waals surface area (Å²) in [6.45, 7) is 0. The number of halogens is 2. The Kier molecular flexibility index (Phi) is 3.05. The van der Waals surface area contributed by atoms with Crippen molar-refractivity contribution in [1.82, 2.24) is 0 Å². The highest BCUT2D eigenvalue weighted by molar-refractivity contribution is 7.08. The Balaban J connectivity index is 2.42. The molecule has 0 aliphatic carbocycles. The van der Waals surface area contributed by atoms with Crippen molar-refractivity contribution in [3.8, 4) is 0 Å². The van der Waals surface area contributed by atoms with Crippen LogP contribution in [0.1, 0.15) is 17.2 Å². The summed E-state index contributed by atoms with van der Waals surface area (Å²) in [7, 11) is 0. The molecule has 2 N–H and O–H groups in total. The zero-order valence-corrected chi connectivity index (χ0v) is 9.36. The van der Waals surface area contributed by atoms with E-state index in [1.165, 1.54) is 17.4 Å². The Hall–Kier alpha value is -0.900. The van der Waals surface area contributed by atoms with E-state index in [0.717, 1.165) is 5.56 Å². The van der Waals surface area contributed by atoms with Gasteiger partial charge in [-0.05, 0) is 28.5 Å². The summed E-state index contributed by atoms with van der Waals surface area (Å²) < 4.78 is 13.6. The van der Waals surface area contributed by atoms with Gasteiger partial charge in [0, 0.05) is 5.56 Å². The van der Waals surface area contributed by atoms with E-state index in [9.17, 15) is 4.39 Å². The van der Waals surface area contributed by atoms with Gasteiger partial charge < -0.3 is 5.73 Å². The number of nitrogens with two attached hydrogens (primary N) is 1. The Morgan fingerprint density at radius 1 is 1.33 bits per heavy atom. The van der Waals surface area contributed by atoms with E-state index in [1.54, 1.807) is 12.1 Å². The van der Waals surface area contributed by atoms with Crippen LogP contribution in [0.3, 0.4) is 0 Å². The van der Waals surface area contributed by atoms with Crippen LogP contribution in [0.25, 0.3) is 0 Å². The van der Waals surface area contributed by atoms with Crippen LogP contribution in [-0.2, 0) is 0 Å². The molecule has 2 aromatic rings.